The third-order valence-corrected chi connectivity index (χ3v) is 4.14. The van der Waals surface area contributed by atoms with E-state index in [9.17, 15) is 0 Å². The Balaban J connectivity index is 2.23. The highest BCUT2D eigenvalue weighted by atomic mass is 35.5. The van der Waals surface area contributed by atoms with Crippen molar-refractivity contribution in [2.45, 2.75) is 11.9 Å². The predicted octanol–water partition coefficient (Wildman–Crippen LogP) is 3.60. The molecule has 0 amide bonds. The van der Waals surface area contributed by atoms with Crippen LogP contribution in [-0.2, 0) is 0 Å². The topological polar surface area (TPSA) is 25.8 Å². The first kappa shape index (κ1) is 11.7. The summed E-state index contributed by atoms with van der Waals surface area (Å²) < 4.78 is 0. The number of fused-ring (bicyclic) bond motifs is 1. The van der Waals surface area contributed by atoms with Gasteiger partial charge < -0.3 is 0 Å². The maximum Gasteiger partial charge on any atom is 0.127 e. The molecule has 0 aliphatic heterocycles. The Labute approximate surface area is 104 Å². The largest absolute Gasteiger partial charge is 0.157 e. The lowest BCUT2D eigenvalue weighted by Gasteiger charge is -2.07. The molecule has 1 heterocycles. The molecule has 0 N–H and O–H groups in total. The first-order valence-electron chi connectivity index (χ1n) is 5.20. The van der Waals surface area contributed by atoms with Crippen LogP contribution in [0.5, 0.6) is 0 Å². The van der Waals surface area contributed by atoms with E-state index < -0.39 is 0 Å². The molecule has 1 aromatic carbocycles. The molecule has 1 aromatic heterocycles. The fourth-order valence-electron chi connectivity index (χ4n) is 1.37. The van der Waals surface area contributed by atoms with Gasteiger partial charge in [-0.1, -0.05) is 31.2 Å². The zero-order valence-electron chi connectivity index (χ0n) is 9.06. The Morgan fingerprint density at radius 3 is 3.00 bits per heavy atom. The molecule has 0 aliphatic carbocycles. The van der Waals surface area contributed by atoms with Crippen LogP contribution in [0.2, 0.25) is 0 Å². The number of nitrogens with zero attached hydrogens (tertiary/aromatic N) is 2. The van der Waals surface area contributed by atoms with Gasteiger partial charge in [-0.3, -0.25) is 0 Å². The zero-order valence-corrected chi connectivity index (χ0v) is 10.6. The van der Waals surface area contributed by atoms with Crippen molar-refractivity contribution in [3.8, 4) is 0 Å². The number of rotatable bonds is 4. The zero-order chi connectivity index (χ0) is 11.4. The van der Waals surface area contributed by atoms with Crippen molar-refractivity contribution in [1.82, 2.24) is 10.2 Å². The molecule has 16 heavy (non-hydrogen) atoms. The second kappa shape index (κ2) is 5.51. The standard InChI is InChI=1S/C12H13ClN2S/c1-9(6-13)8-16-12-11-5-3-2-4-10(11)7-14-15-12/h2-5,7,9H,6,8H2,1H3. The SMILES string of the molecule is CC(CCl)CSc1nncc2ccccc12. The normalized spacial score (nSPS) is 12.9. The quantitative estimate of drug-likeness (QED) is 0.614. The van der Waals surface area contributed by atoms with Gasteiger partial charge in [0.1, 0.15) is 5.03 Å². The third kappa shape index (κ3) is 2.66. The van der Waals surface area contributed by atoms with Crippen molar-refractivity contribution < 1.29 is 0 Å². The minimum atomic E-state index is 0.493. The van der Waals surface area contributed by atoms with E-state index in [2.05, 4.69) is 29.3 Å². The van der Waals surface area contributed by atoms with Gasteiger partial charge in [-0.25, -0.2) is 0 Å². The van der Waals surface area contributed by atoms with E-state index in [4.69, 9.17) is 11.6 Å². The van der Waals surface area contributed by atoms with Crippen LogP contribution in [0.1, 0.15) is 6.92 Å². The number of thioether (sulfide) groups is 1. The number of aromatic nitrogens is 2. The van der Waals surface area contributed by atoms with Gasteiger partial charge in [0.05, 0.1) is 6.20 Å². The Bertz CT molecular complexity index is 470. The fourth-order valence-corrected chi connectivity index (χ4v) is 2.62. The summed E-state index contributed by atoms with van der Waals surface area (Å²) in [5.41, 5.74) is 0. The predicted molar refractivity (Wildman–Crippen MR) is 70.1 cm³/mol. The highest BCUT2D eigenvalue weighted by Gasteiger charge is 2.06. The second-order valence-electron chi connectivity index (χ2n) is 3.81. The molecule has 0 fully saturated rings. The van der Waals surface area contributed by atoms with Crippen molar-refractivity contribution in [1.29, 1.82) is 0 Å². The molecule has 2 nitrogen and oxygen atoms in total. The van der Waals surface area contributed by atoms with Crippen molar-refractivity contribution >= 4 is 34.1 Å². The van der Waals surface area contributed by atoms with Crippen molar-refractivity contribution in [3.05, 3.63) is 30.5 Å². The summed E-state index contributed by atoms with van der Waals surface area (Å²) in [6.45, 7) is 2.14. The van der Waals surface area contributed by atoms with Crippen molar-refractivity contribution in [2.75, 3.05) is 11.6 Å². The number of hydrogen-bond acceptors (Lipinski definition) is 3. The summed E-state index contributed by atoms with van der Waals surface area (Å²) in [5.74, 6) is 2.16. The van der Waals surface area contributed by atoms with Crippen LogP contribution in [-0.4, -0.2) is 21.8 Å². The maximum absolute atomic E-state index is 5.79. The number of hydrogen-bond donors (Lipinski definition) is 0. The van der Waals surface area contributed by atoms with E-state index in [1.165, 1.54) is 5.39 Å². The maximum atomic E-state index is 5.79. The smallest absolute Gasteiger partial charge is 0.127 e. The summed E-state index contributed by atoms with van der Waals surface area (Å²) in [6, 6.07) is 8.18. The van der Waals surface area contributed by atoms with Crippen molar-refractivity contribution in [3.63, 3.8) is 0 Å². The molecule has 0 saturated carbocycles. The van der Waals surface area contributed by atoms with Gasteiger partial charge in [0.15, 0.2) is 0 Å². The number of alkyl halides is 1. The molecule has 2 rings (SSSR count). The first-order valence-corrected chi connectivity index (χ1v) is 6.72. The molecule has 0 aliphatic rings. The molecule has 0 radical (unpaired) electrons. The Hall–Kier alpha value is -0.800. The summed E-state index contributed by atoms with van der Waals surface area (Å²) >= 11 is 7.51. The lowest BCUT2D eigenvalue weighted by Crippen LogP contribution is -2.00. The van der Waals surface area contributed by atoms with E-state index in [0.29, 0.717) is 11.8 Å². The van der Waals surface area contributed by atoms with E-state index in [1.54, 1.807) is 18.0 Å². The fraction of sp³-hybridized carbons (Fsp3) is 0.333. The molecular formula is C12H13ClN2S. The Kier molecular flexibility index (Phi) is 4.02. The monoisotopic (exact) mass is 252 g/mol. The lowest BCUT2D eigenvalue weighted by atomic mass is 10.2. The van der Waals surface area contributed by atoms with Gasteiger partial charge in [0.2, 0.25) is 0 Å². The Morgan fingerprint density at radius 1 is 1.38 bits per heavy atom. The van der Waals surface area contributed by atoms with Gasteiger partial charge >= 0.3 is 0 Å². The summed E-state index contributed by atoms with van der Waals surface area (Å²) in [5, 5.41) is 11.5. The van der Waals surface area contributed by atoms with Gasteiger partial charge in [-0.05, 0) is 5.92 Å². The molecule has 4 heteroatoms. The third-order valence-electron chi connectivity index (χ3n) is 2.30. The second-order valence-corrected chi connectivity index (χ2v) is 5.12. The van der Waals surface area contributed by atoms with E-state index >= 15 is 0 Å². The molecule has 1 unspecified atom stereocenters. The molecule has 0 spiro atoms. The number of benzene rings is 1. The summed E-state index contributed by atoms with van der Waals surface area (Å²) in [6.07, 6.45) is 1.80. The van der Waals surface area contributed by atoms with Crippen LogP contribution < -0.4 is 0 Å². The summed E-state index contributed by atoms with van der Waals surface area (Å²) in [4.78, 5) is 0. The lowest BCUT2D eigenvalue weighted by molar-refractivity contribution is 0.757. The van der Waals surface area contributed by atoms with Crippen LogP contribution in [0, 0.1) is 5.92 Å². The van der Waals surface area contributed by atoms with Gasteiger partial charge in [-0.2, -0.15) is 5.10 Å². The number of halogens is 1. The van der Waals surface area contributed by atoms with Crippen molar-refractivity contribution in [2.24, 2.45) is 5.92 Å². The highest BCUT2D eigenvalue weighted by Crippen LogP contribution is 2.26. The minimum absolute atomic E-state index is 0.493. The molecule has 84 valence electrons. The van der Waals surface area contributed by atoms with E-state index in [-0.39, 0.29) is 0 Å². The minimum Gasteiger partial charge on any atom is -0.157 e. The van der Waals surface area contributed by atoms with Crippen LogP contribution >= 0.6 is 23.4 Å². The molecular weight excluding hydrogens is 240 g/mol. The molecule has 1 atom stereocenters. The average molecular weight is 253 g/mol. The van der Waals surface area contributed by atoms with Gasteiger partial charge in [0.25, 0.3) is 0 Å². The van der Waals surface area contributed by atoms with Crippen LogP contribution in [0.25, 0.3) is 10.8 Å². The average Bonchev–Trinajstić information content (AvgIpc) is 2.35. The first-order chi connectivity index (χ1) is 7.81. The van der Waals surface area contributed by atoms with E-state index in [1.807, 2.05) is 12.1 Å². The van der Waals surface area contributed by atoms with E-state index in [0.717, 1.165) is 16.2 Å². The molecule has 0 saturated heterocycles. The molecule has 0 bridgehead atoms. The molecule has 2 aromatic rings. The van der Waals surface area contributed by atoms with Crippen LogP contribution in [0.15, 0.2) is 35.5 Å². The Morgan fingerprint density at radius 2 is 2.19 bits per heavy atom. The van der Waals surface area contributed by atoms with Gasteiger partial charge in [-0.15, -0.1) is 28.5 Å². The van der Waals surface area contributed by atoms with Gasteiger partial charge in [0, 0.05) is 22.4 Å². The highest BCUT2D eigenvalue weighted by molar-refractivity contribution is 7.99. The van der Waals surface area contributed by atoms with Crippen LogP contribution in [0.4, 0.5) is 0 Å². The summed E-state index contributed by atoms with van der Waals surface area (Å²) in [7, 11) is 0. The van der Waals surface area contributed by atoms with Crippen LogP contribution in [0.3, 0.4) is 0 Å².